The van der Waals surface area contributed by atoms with Crippen molar-refractivity contribution in [3.8, 4) is 5.75 Å². The number of halogens is 1. The van der Waals surface area contributed by atoms with Gasteiger partial charge in [-0.2, -0.15) is 0 Å². The van der Waals surface area contributed by atoms with E-state index in [0.717, 1.165) is 18.7 Å². The summed E-state index contributed by atoms with van der Waals surface area (Å²) in [5, 5.41) is 3.97. The maximum atomic E-state index is 6.03. The van der Waals surface area contributed by atoms with E-state index in [1.165, 1.54) is 0 Å². The number of hydrogen-bond acceptors (Lipinski definition) is 3. The summed E-state index contributed by atoms with van der Waals surface area (Å²) in [6, 6.07) is 6.02. The summed E-state index contributed by atoms with van der Waals surface area (Å²) in [6.45, 7) is 2.86. The van der Waals surface area contributed by atoms with Crippen molar-refractivity contribution in [3.63, 3.8) is 0 Å². The van der Waals surface area contributed by atoms with Crippen molar-refractivity contribution in [1.29, 1.82) is 0 Å². The fraction of sp³-hybridized carbons (Fsp3) is 0.500. The van der Waals surface area contributed by atoms with Crippen LogP contribution in [0.5, 0.6) is 5.75 Å². The molecule has 0 saturated heterocycles. The molecule has 0 heterocycles. The topological polar surface area (TPSA) is 30.5 Å². The quantitative estimate of drug-likeness (QED) is 0.833. The lowest BCUT2D eigenvalue weighted by molar-refractivity contribution is 0.191. The number of ether oxygens (including phenoxy) is 2. The average Bonchev–Trinajstić information content (AvgIpc) is 2.26. The molecular weight excluding hydrogens is 226 g/mol. The van der Waals surface area contributed by atoms with Crippen LogP contribution in [0.2, 0.25) is 5.02 Å². The third-order valence-electron chi connectivity index (χ3n) is 2.32. The molecule has 1 rings (SSSR count). The van der Waals surface area contributed by atoms with Crippen LogP contribution >= 0.6 is 11.6 Å². The zero-order valence-corrected chi connectivity index (χ0v) is 10.7. The molecule has 1 atom stereocenters. The van der Waals surface area contributed by atoms with E-state index in [1.54, 1.807) is 14.2 Å². The molecule has 0 saturated carbocycles. The molecule has 0 radical (unpaired) electrons. The van der Waals surface area contributed by atoms with Gasteiger partial charge in [-0.15, -0.1) is 0 Å². The highest BCUT2D eigenvalue weighted by Crippen LogP contribution is 2.27. The lowest BCUT2D eigenvalue weighted by Crippen LogP contribution is -2.17. The summed E-state index contributed by atoms with van der Waals surface area (Å²) < 4.78 is 10.1. The second-order valence-corrected chi connectivity index (χ2v) is 4.08. The molecular formula is C12H18ClNO2. The predicted molar refractivity (Wildman–Crippen MR) is 67.6 cm³/mol. The van der Waals surface area contributed by atoms with Crippen molar-refractivity contribution >= 4 is 17.3 Å². The van der Waals surface area contributed by atoms with Crippen molar-refractivity contribution in [3.05, 3.63) is 23.2 Å². The van der Waals surface area contributed by atoms with Gasteiger partial charge in [0.25, 0.3) is 0 Å². The molecule has 1 aromatic rings. The molecule has 1 N–H and O–H groups in total. The number of benzene rings is 1. The van der Waals surface area contributed by atoms with Crippen molar-refractivity contribution in [2.75, 3.05) is 26.1 Å². The predicted octanol–water partition coefficient (Wildman–Crippen LogP) is 3.19. The Balaban J connectivity index is 2.57. The van der Waals surface area contributed by atoms with Crippen molar-refractivity contribution in [2.45, 2.75) is 19.4 Å². The van der Waals surface area contributed by atoms with Crippen LogP contribution in [-0.4, -0.2) is 26.9 Å². The number of methoxy groups -OCH3 is 2. The van der Waals surface area contributed by atoms with Crippen LogP contribution in [0.3, 0.4) is 0 Å². The maximum absolute atomic E-state index is 6.03. The minimum absolute atomic E-state index is 0.351. The first kappa shape index (κ1) is 13.1. The smallest absolute Gasteiger partial charge is 0.137 e. The highest BCUT2D eigenvalue weighted by Gasteiger charge is 2.04. The summed E-state index contributed by atoms with van der Waals surface area (Å²) in [6.07, 6.45) is 0.958. The Morgan fingerprint density at radius 2 is 2.12 bits per heavy atom. The van der Waals surface area contributed by atoms with Crippen LogP contribution in [0.1, 0.15) is 13.3 Å². The zero-order valence-electron chi connectivity index (χ0n) is 9.92. The Bertz CT molecular complexity index is 331. The molecule has 1 aromatic carbocycles. The van der Waals surface area contributed by atoms with E-state index in [4.69, 9.17) is 21.1 Å². The van der Waals surface area contributed by atoms with E-state index >= 15 is 0 Å². The summed E-state index contributed by atoms with van der Waals surface area (Å²) in [5.41, 5.74) is 0.995. The number of hydrogen-bond donors (Lipinski definition) is 1. The minimum atomic E-state index is 0.351. The normalized spacial score (nSPS) is 12.2. The Morgan fingerprint density at radius 3 is 2.69 bits per heavy atom. The molecule has 0 fully saturated rings. The van der Waals surface area contributed by atoms with Crippen molar-refractivity contribution in [2.24, 2.45) is 0 Å². The summed E-state index contributed by atoms with van der Waals surface area (Å²) >= 11 is 6.03. The van der Waals surface area contributed by atoms with Crippen LogP contribution in [0.25, 0.3) is 0 Å². The second kappa shape index (κ2) is 6.61. The maximum Gasteiger partial charge on any atom is 0.137 e. The SMILES string of the molecule is COCCC(C)Nc1ccc(OC)c(Cl)c1. The number of nitrogens with one attached hydrogen (secondary N) is 1. The van der Waals surface area contributed by atoms with Gasteiger partial charge >= 0.3 is 0 Å². The van der Waals surface area contributed by atoms with Crippen LogP contribution in [-0.2, 0) is 4.74 Å². The van der Waals surface area contributed by atoms with Gasteiger partial charge in [-0.1, -0.05) is 11.6 Å². The third-order valence-corrected chi connectivity index (χ3v) is 2.62. The fourth-order valence-electron chi connectivity index (χ4n) is 1.41. The standard InChI is InChI=1S/C12H18ClNO2/c1-9(6-7-15-2)14-10-4-5-12(16-3)11(13)8-10/h4-5,8-9,14H,6-7H2,1-3H3. The highest BCUT2D eigenvalue weighted by atomic mass is 35.5. The monoisotopic (exact) mass is 243 g/mol. The van der Waals surface area contributed by atoms with E-state index in [0.29, 0.717) is 16.8 Å². The highest BCUT2D eigenvalue weighted by molar-refractivity contribution is 6.32. The van der Waals surface area contributed by atoms with E-state index in [-0.39, 0.29) is 0 Å². The summed E-state index contributed by atoms with van der Waals surface area (Å²) in [5.74, 6) is 0.691. The van der Waals surface area contributed by atoms with Gasteiger partial charge in [0.05, 0.1) is 12.1 Å². The van der Waals surface area contributed by atoms with Crippen LogP contribution in [0.4, 0.5) is 5.69 Å². The van der Waals surface area contributed by atoms with E-state index in [9.17, 15) is 0 Å². The van der Waals surface area contributed by atoms with E-state index < -0.39 is 0 Å². The first-order chi connectivity index (χ1) is 7.67. The Labute approximate surface area is 102 Å². The van der Waals surface area contributed by atoms with Gasteiger partial charge in [-0.25, -0.2) is 0 Å². The molecule has 1 unspecified atom stereocenters. The molecule has 3 nitrogen and oxygen atoms in total. The van der Waals surface area contributed by atoms with Crippen LogP contribution in [0.15, 0.2) is 18.2 Å². The first-order valence-corrected chi connectivity index (χ1v) is 5.64. The Morgan fingerprint density at radius 1 is 1.38 bits per heavy atom. The molecule has 0 bridgehead atoms. The van der Waals surface area contributed by atoms with Crippen LogP contribution < -0.4 is 10.1 Å². The van der Waals surface area contributed by atoms with Gasteiger partial charge in [0.15, 0.2) is 0 Å². The third kappa shape index (κ3) is 3.91. The summed E-state index contributed by atoms with van der Waals surface area (Å²) in [4.78, 5) is 0. The van der Waals surface area contributed by atoms with Gasteiger partial charge in [-0.3, -0.25) is 0 Å². The molecule has 4 heteroatoms. The van der Waals surface area contributed by atoms with Crippen molar-refractivity contribution < 1.29 is 9.47 Å². The zero-order chi connectivity index (χ0) is 12.0. The largest absolute Gasteiger partial charge is 0.495 e. The molecule has 0 amide bonds. The molecule has 90 valence electrons. The van der Waals surface area contributed by atoms with Crippen molar-refractivity contribution in [1.82, 2.24) is 0 Å². The van der Waals surface area contributed by atoms with Gasteiger partial charge < -0.3 is 14.8 Å². The average molecular weight is 244 g/mol. The fourth-order valence-corrected chi connectivity index (χ4v) is 1.67. The molecule has 0 aliphatic rings. The Kier molecular flexibility index (Phi) is 5.43. The van der Waals surface area contributed by atoms with Gasteiger partial charge in [-0.05, 0) is 31.5 Å². The molecule has 0 spiro atoms. The molecule has 0 aliphatic heterocycles. The second-order valence-electron chi connectivity index (χ2n) is 3.68. The molecule has 0 aliphatic carbocycles. The Hall–Kier alpha value is -0.930. The summed E-state index contributed by atoms with van der Waals surface area (Å²) in [7, 11) is 3.31. The van der Waals surface area contributed by atoms with Gasteiger partial charge in [0, 0.05) is 25.4 Å². The molecule has 16 heavy (non-hydrogen) atoms. The number of rotatable bonds is 6. The van der Waals surface area contributed by atoms with E-state index in [2.05, 4.69) is 12.2 Å². The van der Waals surface area contributed by atoms with Gasteiger partial charge in [0.1, 0.15) is 5.75 Å². The number of anilines is 1. The lowest BCUT2D eigenvalue weighted by atomic mass is 10.2. The van der Waals surface area contributed by atoms with Crippen LogP contribution in [0, 0.1) is 0 Å². The van der Waals surface area contributed by atoms with Gasteiger partial charge in [0.2, 0.25) is 0 Å². The minimum Gasteiger partial charge on any atom is -0.495 e. The molecule has 0 aromatic heterocycles. The van der Waals surface area contributed by atoms with E-state index in [1.807, 2.05) is 18.2 Å². The first-order valence-electron chi connectivity index (χ1n) is 5.26. The lowest BCUT2D eigenvalue weighted by Gasteiger charge is -2.15.